The van der Waals surface area contributed by atoms with Crippen LogP contribution in [0, 0.1) is 5.92 Å². The first-order chi connectivity index (χ1) is 9.44. The third-order valence-electron chi connectivity index (χ3n) is 3.43. The van der Waals surface area contributed by atoms with E-state index in [0.29, 0.717) is 15.9 Å². The molecule has 1 aromatic rings. The number of esters is 1. The number of hydrogen-bond acceptors (Lipinski definition) is 6. The van der Waals surface area contributed by atoms with Gasteiger partial charge in [0.15, 0.2) is 16.6 Å². The molecule has 0 saturated heterocycles. The van der Waals surface area contributed by atoms with E-state index in [9.17, 15) is 9.59 Å². The number of carbonyl (C=O) groups excluding carboxylic acids is 2. The smallest absolute Gasteiger partial charge is 0.358 e. The largest absolute Gasteiger partial charge is 0.464 e. The Kier molecular flexibility index (Phi) is 6.13. The molecule has 5 nitrogen and oxygen atoms in total. The number of Topliss-reactive ketones (excluding diaryl/α,β-unsaturated/α-hetero) is 1. The molecule has 0 fully saturated rings. The van der Waals surface area contributed by atoms with Crippen molar-refractivity contribution in [2.24, 2.45) is 5.92 Å². The van der Waals surface area contributed by atoms with Crippen LogP contribution >= 0.6 is 11.3 Å². The normalized spacial score (nSPS) is 12.3. The summed E-state index contributed by atoms with van der Waals surface area (Å²) in [5.41, 5.74) is 0.101. The molecule has 0 aliphatic heterocycles. The van der Waals surface area contributed by atoms with Crippen molar-refractivity contribution in [2.75, 3.05) is 12.4 Å². The molecule has 0 aliphatic rings. The van der Waals surface area contributed by atoms with E-state index in [1.807, 2.05) is 0 Å². The van der Waals surface area contributed by atoms with Crippen molar-refractivity contribution in [2.45, 2.75) is 46.6 Å². The number of methoxy groups -OCH3 is 1. The lowest BCUT2D eigenvalue weighted by atomic mass is 9.96. The fraction of sp³-hybridized carbons (Fsp3) is 0.643. The maximum Gasteiger partial charge on any atom is 0.358 e. The van der Waals surface area contributed by atoms with Crippen molar-refractivity contribution in [3.63, 3.8) is 0 Å². The summed E-state index contributed by atoms with van der Waals surface area (Å²) in [4.78, 5) is 27.7. The Labute approximate surface area is 123 Å². The van der Waals surface area contributed by atoms with Gasteiger partial charge in [0, 0.05) is 13.0 Å². The van der Waals surface area contributed by atoms with Gasteiger partial charge in [0.1, 0.15) is 4.88 Å². The molecule has 1 rings (SSSR count). The fourth-order valence-corrected chi connectivity index (χ4v) is 3.11. The highest BCUT2D eigenvalue weighted by atomic mass is 32.1. The summed E-state index contributed by atoms with van der Waals surface area (Å²) in [7, 11) is 1.28. The first-order valence-corrected chi connectivity index (χ1v) is 7.62. The molecule has 1 unspecified atom stereocenters. The highest BCUT2D eigenvalue weighted by molar-refractivity contribution is 7.17. The summed E-state index contributed by atoms with van der Waals surface area (Å²) in [6.45, 7) is 7.81. The van der Waals surface area contributed by atoms with Crippen LogP contribution in [0.1, 0.15) is 60.7 Å². The molecule has 112 valence electrons. The van der Waals surface area contributed by atoms with E-state index in [4.69, 9.17) is 0 Å². The van der Waals surface area contributed by atoms with Crippen molar-refractivity contribution >= 4 is 28.2 Å². The van der Waals surface area contributed by atoms with E-state index in [1.165, 1.54) is 25.4 Å². The molecule has 0 radical (unpaired) electrons. The van der Waals surface area contributed by atoms with E-state index < -0.39 is 5.97 Å². The standard InChI is InChI=1S/C14H22N2O3S/c1-6-10(7-2)8(3)15-14-16-11(13(18)19-5)12(20-14)9(4)17/h8,10H,6-7H2,1-5H3,(H,15,16). The number of thiazole rings is 1. The minimum atomic E-state index is -0.574. The third-order valence-corrected chi connectivity index (χ3v) is 4.52. The Balaban J connectivity index is 2.97. The number of anilines is 1. The number of hydrogen-bond donors (Lipinski definition) is 1. The predicted molar refractivity (Wildman–Crippen MR) is 80.6 cm³/mol. The number of ketones is 1. The average molecular weight is 298 g/mol. The maximum atomic E-state index is 11.6. The van der Waals surface area contributed by atoms with Crippen molar-refractivity contribution in [3.05, 3.63) is 10.6 Å². The predicted octanol–water partition coefficient (Wildman–Crippen LogP) is 3.37. The van der Waals surface area contributed by atoms with Gasteiger partial charge in [-0.2, -0.15) is 0 Å². The van der Waals surface area contributed by atoms with Gasteiger partial charge >= 0.3 is 5.97 Å². The lowest BCUT2D eigenvalue weighted by Crippen LogP contribution is -2.24. The van der Waals surface area contributed by atoms with Crippen LogP contribution in [0.25, 0.3) is 0 Å². The Morgan fingerprint density at radius 1 is 1.35 bits per heavy atom. The molecule has 0 saturated carbocycles. The zero-order valence-electron chi connectivity index (χ0n) is 12.6. The molecule has 0 aromatic carbocycles. The van der Waals surface area contributed by atoms with Crippen LogP contribution in [0.4, 0.5) is 5.13 Å². The van der Waals surface area contributed by atoms with E-state index in [0.717, 1.165) is 12.8 Å². The van der Waals surface area contributed by atoms with E-state index >= 15 is 0 Å². The van der Waals surface area contributed by atoms with Crippen LogP contribution < -0.4 is 5.32 Å². The summed E-state index contributed by atoms with van der Waals surface area (Å²) in [6, 6.07) is 0.237. The van der Waals surface area contributed by atoms with Crippen molar-refractivity contribution < 1.29 is 14.3 Å². The van der Waals surface area contributed by atoms with Gasteiger partial charge in [-0.25, -0.2) is 9.78 Å². The lowest BCUT2D eigenvalue weighted by molar-refractivity contribution is 0.0591. The molecule has 1 heterocycles. The second kappa shape index (κ2) is 7.38. The molecule has 0 bridgehead atoms. The highest BCUT2D eigenvalue weighted by Crippen LogP contribution is 2.26. The monoisotopic (exact) mass is 298 g/mol. The summed E-state index contributed by atoms with van der Waals surface area (Å²) >= 11 is 1.21. The molecule has 6 heteroatoms. The average Bonchev–Trinajstić information content (AvgIpc) is 2.83. The maximum absolute atomic E-state index is 11.6. The molecular weight excluding hydrogens is 276 g/mol. The molecule has 20 heavy (non-hydrogen) atoms. The van der Waals surface area contributed by atoms with Gasteiger partial charge < -0.3 is 10.1 Å². The van der Waals surface area contributed by atoms with Gasteiger partial charge in [0.2, 0.25) is 0 Å². The van der Waals surface area contributed by atoms with Gasteiger partial charge in [-0.1, -0.05) is 38.0 Å². The number of nitrogens with one attached hydrogen (secondary N) is 1. The third kappa shape index (κ3) is 3.79. The summed E-state index contributed by atoms with van der Waals surface area (Å²) in [5, 5.41) is 3.88. The van der Waals surface area contributed by atoms with Crippen LogP contribution in [0.2, 0.25) is 0 Å². The van der Waals surface area contributed by atoms with E-state index in [-0.39, 0.29) is 17.5 Å². The molecule has 1 atom stereocenters. The topological polar surface area (TPSA) is 68.3 Å². The molecule has 1 aromatic heterocycles. The summed E-state index contributed by atoms with van der Waals surface area (Å²) in [5.74, 6) is -0.220. The molecule has 0 amide bonds. The van der Waals surface area contributed by atoms with Crippen LogP contribution in [-0.4, -0.2) is 29.9 Å². The molecule has 0 aliphatic carbocycles. The number of carbonyl (C=O) groups is 2. The number of aromatic nitrogens is 1. The highest BCUT2D eigenvalue weighted by Gasteiger charge is 2.23. The second-order valence-corrected chi connectivity index (χ2v) is 5.75. The number of rotatable bonds is 7. The SMILES string of the molecule is CCC(CC)C(C)Nc1nc(C(=O)OC)c(C(C)=O)s1. The quantitative estimate of drug-likeness (QED) is 0.617. The first kappa shape index (κ1) is 16.6. The van der Waals surface area contributed by atoms with E-state index in [2.05, 4.69) is 35.8 Å². The van der Waals surface area contributed by atoms with Crippen molar-refractivity contribution in [1.82, 2.24) is 4.98 Å². The van der Waals surface area contributed by atoms with Gasteiger partial charge in [0.25, 0.3) is 0 Å². The Bertz CT molecular complexity index is 481. The van der Waals surface area contributed by atoms with Gasteiger partial charge in [-0.3, -0.25) is 4.79 Å². The zero-order chi connectivity index (χ0) is 15.3. The minimum absolute atomic E-state index is 0.101. The van der Waals surface area contributed by atoms with Crippen molar-refractivity contribution in [3.8, 4) is 0 Å². The van der Waals surface area contributed by atoms with Gasteiger partial charge in [-0.15, -0.1) is 0 Å². The van der Waals surface area contributed by atoms with Crippen LogP contribution in [0.3, 0.4) is 0 Å². The van der Waals surface area contributed by atoms with Crippen LogP contribution in [0.5, 0.6) is 0 Å². The second-order valence-electron chi connectivity index (χ2n) is 4.75. The summed E-state index contributed by atoms with van der Waals surface area (Å²) in [6.07, 6.45) is 2.14. The Morgan fingerprint density at radius 2 is 1.95 bits per heavy atom. The first-order valence-electron chi connectivity index (χ1n) is 6.81. The minimum Gasteiger partial charge on any atom is -0.464 e. The lowest BCUT2D eigenvalue weighted by Gasteiger charge is -2.21. The Morgan fingerprint density at radius 3 is 2.40 bits per heavy atom. The van der Waals surface area contributed by atoms with Crippen LogP contribution in [0.15, 0.2) is 0 Å². The zero-order valence-corrected chi connectivity index (χ0v) is 13.5. The molecular formula is C14H22N2O3S. The molecule has 1 N–H and O–H groups in total. The fourth-order valence-electron chi connectivity index (χ4n) is 2.16. The van der Waals surface area contributed by atoms with E-state index in [1.54, 1.807) is 0 Å². The van der Waals surface area contributed by atoms with Crippen LogP contribution in [-0.2, 0) is 4.74 Å². The molecule has 0 spiro atoms. The van der Waals surface area contributed by atoms with Gasteiger partial charge in [-0.05, 0) is 12.8 Å². The summed E-state index contributed by atoms with van der Waals surface area (Å²) < 4.78 is 4.66. The Hall–Kier alpha value is -1.43. The van der Waals surface area contributed by atoms with Gasteiger partial charge in [0.05, 0.1) is 7.11 Å². The number of ether oxygens (including phenoxy) is 1. The van der Waals surface area contributed by atoms with Crippen molar-refractivity contribution in [1.29, 1.82) is 0 Å². The number of nitrogens with zero attached hydrogens (tertiary/aromatic N) is 1.